The Morgan fingerprint density at radius 2 is 1.33 bits per heavy atom. The molecule has 0 saturated carbocycles. The number of hydrogen-bond donors (Lipinski definition) is 1. The summed E-state index contributed by atoms with van der Waals surface area (Å²) in [5.41, 5.74) is 6.21. The Hall–Kier alpha value is -4.08. The molecule has 0 aliphatic carbocycles. The first-order chi connectivity index (χ1) is 19.1. The van der Waals surface area contributed by atoms with E-state index < -0.39 is 0 Å². The summed E-state index contributed by atoms with van der Waals surface area (Å²) in [6.45, 7) is 8.16. The molecular formula is C30H33N9. The summed E-state index contributed by atoms with van der Waals surface area (Å²) >= 11 is 0. The van der Waals surface area contributed by atoms with Gasteiger partial charge in [-0.2, -0.15) is 0 Å². The Morgan fingerprint density at radius 1 is 0.641 bits per heavy atom. The third-order valence-corrected chi connectivity index (χ3v) is 8.17. The Bertz CT molecular complexity index is 1610. The van der Waals surface area contributed by atoms with Crippen LogP contribution < -0.4 is 9.80 Å². The highest BCUT2D eigenvalue weighted by Gasteiger charge is 2.19. The second-order valence-corrected chi connectivity index (χ2v) is 10.7. The first kappa shape index (κ1) is 24.0. The molecule has 198 valence electrons. The molecule has 9 nitrogen and oxygen atoms in total. The molecule has 4 aromatic heterocycles. The average molecular weight is 520 g/mol. The third kappa shape index (κ3) is 4.57. The molecule has 2 aliphatic rings. The Balaban J connectivity index is 1.22. The van der Waals surface area contributed by atoms with Crippen molar-refractivity contribution in [3.8, 4) is 22.3 Å². The number of aromatic amines is 1. The van der Waals surface area contributed by atoms with Crippen LogP contribution in [-0.4, -0.2) is 101 Å². The minimum absolute atomic E-state index is 0.875. The predicted octanol–water partition coefficient (Wildman–Crippen LogP) is 3.74. The van der Waals surface area contributed by atoms with Gasteiger partial charge in [-0.05, 0) is 50.0 Å². The van der Waals surface area contributed by atoms with Gasteiger partial charge in [0, 0.05) is 98.4 Å². The van der Waals surface area contributed by atoms with Crippen molar-refractivity contribution in [2.45, 2.75) is 0 Å². The zero-order chi connectivity index (χ0) is 26.3. The van der Waals surface area contributed by atoms with Crippen molar-refractivity contribution < 1.29 is 0 Å². The molecule has 2 fully saturated rings. The van der Waals surface area contributed by atoms with Crippen LogP contribution in [0, 0.1) is 0 Å². The molecule has 2 aliphatic heterocycles. The van der Waals surface area contributed by atoms with Crippen molar-refractivity contribution >= 4 is 33.6 Å². The zero-order valence-electron chi connectivity index (χ0n) is 22.5. The van der Waals surface area contributed by atoms with Gasteiger partial charge in [-0.25, -0.2) is 19.9 Å². The van der Waals surface area contributed by atoms with Crippen molar-refractivity contribution in [2.24, 2.45) is 0 Å². The lowest BCUT2D eigenvalue weighted by molar-refractivity contribution is 0.312. The largest absolute Gasteiger partial charge is 0.354 e. The molecular weight excluding hydrogens is 486 g/mol. The first-order valence-corrected chi connectivity index (χ1v) is 13.7. The van der Waals surface area contributed by atoms with Crippen LogP contribution >= 0.6 is 0 Å². The van der Waals surface area contributed by atoms with Crippen molar-refractivity contribution in [1.82, 2.24) is 34.7 Å². The Morgan fingerprint density at radius 3 is 2.08 bits per heavy atom. The highest BCUT2D eigenvalue weighted by Crippen LogP contribution is 2.34. The van der Waals surface area contributed by atoms with E-state index in [1.54, 1.807) is 6.33 Å². The highest BCUT2D eigenvalue weighted by atomic mass is 15.3. The van der Waals surface area contributed by atoms with E-state index in [0.29, 0.717) is 0 Å². The minimum atomic E-state index is 0.875. The highest BCUT2D eigenvalue weighted by molar-refractivity contribution is 6.00. The second kappa shape index (κ2) is 9.91. The van der Waals surface area contributed by atoms with Crippen molar-refractivity contribution in [2.75, 3.05) is 76.3 Å². The number of likely N-dealkylation sites (N-methyl/N-ethyl adjacent to an activating group) is 2. The van der Waals surface area contributed by atoms with Crippen LogP contribution in [0.2, 0.25) is 0 Å². The van der Waals surface area contributed by atoms with Gasteiger partial charge in [0.05, 0.1) is 5.52 Å². The Kier molecular flexibility index (Phi) is 6.09. The molecule has 0 unspecified atom stereocenters. The lowest BCUT2D eigenvalue weighted by Crippen LogP contribution is -2.44. The van der Waals surface area contributed by atoms with E-state index in [1.165, 1.54) is 0 Å². The first-order valence-electron chi connectivity index (χ1n) is 13.7. The van der Waals surface area contributed by atoms with Gasteiger partial charge in [-0.3, -0.25) is 0 Å². The molecule has 9 heteroatoms. The van der Waals surface area contributed by atoms with E-state index in [-0.39, 0.29) is 0 Å². The minimum Gasteiger partial charge on any atom is -0.354 e. The van der Waals surface area contributed by atoms with Crippen LogP contribution in [0.25, 0.3) is 44.2 Å². The van der Waals surface area contributed by atoms with Crippen LogP contribution in [0.3, 0.4) is 0 Å². The van der Waals surface area contributed by atoms with Crippen molar-refractivity contribution in [3.63, 3.8) is 0 Å². The fourth-order valence-electron chi connectivity index (χ4n) is 5.66. The summed E-state index contributed by atoms with van der Waals surface area (Å²) in [4.78, 5) is 31.6. The molecule has 0 amide bonds. The van der Waals surface area contributed by atoms with Crippen LogP contribution in [-0.2, 0) is 0 Å². The Labute approximate surface area is 228 Å². The summed E-state index contributed by atoms with van der Waals surface area (Å²) in [6.07, 6.45) is 7.63. The molecule has 0 bridgehead atoms. The molecule has 0 radical (unpaired) electrons. The van der Waals surface area contributed by atoms with Gasteiger partial charge >= 0.3 is 0 Å². The van der Waals surface area contributed by atoms with Gasteiger partial charge in [0.1, 0.15) is 23.6 Å². The molecule has 5 aromatic rings. The number of anilines is 2. The maximum atomic E-state index is 4.80. The number of nitrogens with one attached hydrogen (secondary N) is 1. The summed E-state index contributed by atoms with van der Waals surface area (Å²) < 4.78 is 0. The molecule has 0 spiro atoms. The molecule has 0 atom stereocenters. The van der Waals surface area contributed by atoms with Crippen LogP contribution in [0.1, 0.15) is 0 Å². The van der Waals surface area contributed by atoms with Crippen LogP contribution in [0.5, 0.6) is 0 Å². The number of piperazine rings is 2. The number of rotatable bonds is 4. The fraction of sp³-hybridized carbons (Fsp3) is 0.333. The fourth-order valence-corrected chi connectivity index (χ4v) is 5.66. The van der Waals surface area contributed by atoms with Gasteiger partial charge in [0.2, 0.25) is 0 Å². The van der Waals surface area contributed by atoms with Gasteiger partial charge in [0.25, 0.3) is 0 Å². The maximum Gasteiger partial charge on any atom is 0.139 e. The zero-order valence-corrected chi connectivity index (χ0v) is 22.5. The van der Waals surface area contributed by atoms with Crippen LogP contribution in [0.15, 0.2) is 61.3 Å². The number of nitrogens with zero attached hydrogens (tertiary/aromatic N) is 8. The number of hydrogen-bond acceptors (Lipinski definition) is 8. The number of H-pyrrole nitrogens is 1. The molecule has 1 N–H and O–H groups in total. The number of pyridine rings is 2. The monoisotopic (exact) mass is 519 g/mol. The lowest BCUT2D eigenvalue weighted by Gasteiger charge is -2.33. The average Bonchev–Trinajstić information content (AvgIpc) is 3.41. The molecule has 1 aromatic carbocycles. The second-order valence-electron chi connectivity index (χ2n) is 10.7. The smallest absolute Gasteiger partial charge is 0.139 e. The topological polar surface area (TPSA) is 80.3 Å². The summed E-state index contributed by atoms with van der Waals surface area (Å²) in [6, 6.07) is 13.0. The van der Waals surface area contributed by atoms with E-state index in [4.69, 9.17) is 15.0 Å². The van der Waals surface area contributed by atoms with Gasteiger partial charge < -0.3 is 24.6 Å². The van der Waals surface area contributed by atoms with E-state index in [2.05, 4.69) is 86.3 Å². The van der Waals surface area contributed by atoms with Crippen molar-refractivity contribution in [3.05, 3.63) is 61.3 Å². The summed E-state index contributed by atoms with van der Waals surface area (Å²) in [5, 5.41) is 2.18. The van der Waals surface area contributed by atoms with E-state index in [1.807, 2.05) is 12.4 Å². The van der Waals surface area contributed by atoms with Gasteiger partial charge in [-0.15, -0.1) is 0 Å². The molecule has 6 heterocycles. The van der Waals surface area contributed by atoms with E-state index >= 15 is 0 Å². The predicted molar refractivity (Wildman–Crippen MR) is 157 cm³/mol. The van der Waals surface area contributed by atoms with E-state index in [0.717, 1.165) is 108 Å². The van der Waals surface area contributed by atoms with Crippen LogP contribution in [0.4, 0.5) is 11.6 Å². The molecule has 39 heavy (non-hydrogen) atoms. The standard InChI is InChI=1S/C30H33N9/c1-36-7-11-38(12-8-36)28-6-4-22(17-31-28)23-16-24-26(19-33-29(24)32-18-23)21-3-5-27-25(15-21)30(35-20-34-27)39-13-9-37(2)10-14-39/h3-6,15-20H,7-14H2,1-2H3,(H,32,33). The third-order valence-electron chi connectivity index (χ3n) is 8.17. The summed E-state index contributed by atoms with van der Waals surface area (Å²) in [7, 11) is 4.34. The number of benzene rings is 1. The van der Waals surface area contributed by atoms with E-state index in [9.17, 15) is 0 Å². The molecule has 2 saturated heterocycles. The number of fused-ring (bicyclic) bond motifs is 2. The number of aromatic nitrogens is 5. The van der Waals surface area contributed by atoms with Gasteiger partial charge in [0.15, 0.2) is 0 Å². The van der Waals surface area contributed by atoms with Crippen molar-refractivity contribution in [1.29, 1.82) is 0 Å². The lowest BCUT2D eigenvalue weighted by atomic mass is 10.0. The molecule has 7 rings (SSSR count). The summed E-state index contributed by atoms with van der Waals surface area (Å²) in [5.74, 6) is 2.05. The maximum absolute atomic E-state index is 4.80. The SMILES string of the molecule is CN1CCN(c2ccc(-c3cnc4[nH]cc(-c5ccc6ncnc(N7CCN(C)CC7)c6c5)c4c3)cn2)CC1. The quantitative estimate of drug-likeness (QED) is 0.385. The normalized spacial score (nSPS) is 17.4. The van der Waals surface area contributed by atoms with Gasteiger partial charge in [-0.1, -0.05) is 6.07 Å².